The minimum atomic E-state index is -0.0650. The number of aromatic nitrogens is 2. The summed E-state index contributed by atoms with van der Waals surface area (Å²) in [5, 5.41) is 3.66. The Morgan fingerprint density at radius 1 is 1.48 bits per heavy atom. The van der Waals surface area contributed by atoms with Crippen molar-refractivity contribution in [2.45, 2.75) is 52.1 Å². The summed E-state index contributed by atoms with van der Waals surface area (Å²) in [5.74, 6) is -0.0650. The Labute approximate surface area is 127 Å². The van der Waals surface area contributed by atoms with Crippen LogP contribution in [0.1, 0.15) is 47.8 Å². The third-order valence-corrected chi connectivity index (χ3v) is 5.35. The van der Waals surface area contributed by atoms with Gasteiger partial charge < -0.3 is 5.32 Å². The van der Waals surface area contributed by atoms with Gasteiger partial charge >= 0.3 is 0 Å². The van der Waals surface area contributed by atoms with Gasteiger partial charge in [0.25, 0.3) is 11.5 Å². The Morgan fingerprint density at radius 3 is 2.86 bits per heavy atom. The largest absolute Gasteiger partial charge is 0.349 e. The third kappa shape index (κ3) is 2.48. The molecule has 0 radical (unpaired) electrons. The van der Waals surface area contributed by atoms with Crippen molar-refractivity contribution >= 4 is 27.5 Å². The summed E-state index contributed by atoms with van der Waals surface area (Å²) in [6.07, 6.45) is 6.02. The normalized spacial score (nSPS) is 15.7. The molecule has 5 nitrogen and oxygen atoms in total. The molecule has 1 aliphatic carbocycles. The van der Waals surface area contributed by atoms with Gasteiger partial charge in [-0.05, 0) is 32.3 Å². The predicted molar refractivity (Wildman–Crippen MR) is 84.0 cm³/mol. The smallest absolute Gasteiger partial charge is 0.262 e. The molecule has 2 heterocycles. The molecular weight excluding hydrogens is 286 g/mol. The molecule has 0 unspecified atom stereocenters. The van der Waals surface area contributed by atoms with E-state index in [2.05, 4.69) is 10.3 Å². The molecule has 0 aliphatic heterocycles. The monoisotopic (exact) mass is 305 g/mol. The lowest BCUT2D eigenvalue weighted by Gasteiger charge is -2.11. The van der Waals surface area contributed by atoms with Gasteiger partial charge in [0.15, 0.2) is 0 Å². The number of hydrogen-bond acceptors (Lipinski definition) is 4. The summed E-state index contributed by atoms with van der Waals surface area (Å²) in [5.41, 5.74) is 0.696. The molecule has 1 saturated carbocycles. The van der Waals surface area contributed by atoms with Gasteiger partial charge in [-0.15, -0.1) is 11.3 Å². The molecule has 0 atom stereocenters. The minimum Gasteiger partial charge on any atom is -0.349 e. The van der Waals surface area contributed by atoms with Crippen LogP contribution in [0.15, 0.2) is 11.1 Å². The molecule has 21 heavy (non-hydrogen) atoms. The Bertz CT molecular complexity index is 741. The highest BCUT2D eigenvalue weighted by Gasteiger charge is 2.23. The summed E-state index contributed by atoms with van der Waals surface area (Å²) in [6, 6.07) is 0.280. The van der Waals surface area contributed by atoms with Crippen LogP contribution in [0.4, 0.5) is 0 Å². The van der Waals surface area contributed by atoms with Gasteiger partial charge in [-0.25, -0.2) is 4.98 Å². The van der Waals surface area contributed by atoms with E-state index in [0.29, 0.717) is 21.6 Å². The lowest BCUT2D eigenvalue weighted by molar-refractivity contribution is 0.0941. The predicted octanol–water partition coefficient (Wildman–Crippen LogP) is 2.46. The van der Waals surface area contributed by atoms with Crippen molar-refractivity contribution in [3.05, 3.63) is 27.1 Å². The summed E-state index contributed by atoms with van der Waals surface area (Å²) in [6.45, 7) is 4.33. The second-order valence-corrected chi connectivity index (χ2v) is 6.53. The van der Waals surface area contributed by atoms with Crippen LogP contribution in [0.5, 0.6) is 0 Å². The minimum absolute atomic E-state index is 0.0591. The molecule has 112 valence electrons. The first-order valence-corrected chi connectivity index (χ1v) is 8.23. The highest BCUT2D eigenvalue weighted by Crippen LogP contribution is 2.27. The maximum Gasteiger partial charge on any atom is 0.262 e. The Kier molecular flexibility index (Phi) is 3.80. The topological polar surface area (TPSA) is 64.0 Å². The van der Waals surface area contributed by atoms with Crippen LogP contribution < -0.4 is 10.9 Å². The maximum absolute atomic E-state index is 12.4. The fraction of sp³-hybridized carbons (Fsp3) is 0.533. The van der Waals surface area contributed by atoms with E-state index in [1.54, 1.807) is 10.9 Å². The molecule has 3 rings (SSSR count). The lowest BCUT2D eigenvalue weighted by atomic mass is 10.2. The van der Waals surface area contributed by atoms with Gasteiger partial charge in [-0.2, -0.15) is 0 Å². The second kappa shape index (κ2) is 5.60. The van der Waals surface area contributed by atoms with Crippen molar-refractivity contribution in [2.75, 3.05) is 0 Å². The number of carbonyl (C=O) groups excluding carboxylic acids is 1. The zero-order chi connectivity index (χ0) is 15.0. The molecule has 1 aliphatic rings. The first-order chi connectivity index (χ1) is 10.1. The Hall–Kier alpha value is -1.69. The Balaban J connectivity index is 1.99. The van der Waals surface area contributed by atoms with Crippen molar-refractivity contribution in [3.8, 4) is 0 Å². The highest BCUT2D eigenvalue weighted by atomic mass is 32.1. The summed E-state index contributed by atoms with van der Waals surface area (Å²) >= 11 is 1.31. The van der Waals surface area contributed by atoms with E-state index < -0.39 is 0 Å². The van der Waals surface area contributed by atoms with Crippen molar-refractivity contribution < 1.29 is 4.79 Å². The van der Waals surface area contributed by atoms with E-state index in [1.807, 2.05) is 13.8 Å². The fourth-order valence-electron chi connectivity index (χ4n) is 2.92. The molecule has 2 aromatic heterocycles. The van der Waals surface area contributed by atoms with Gasteiger partial charge in [0.05, 0.1) is 16.6 Å². The SMILES string of the molecule is CCn1cnc2sc(C(=O)NC3CCCC3)c(C)c2c1=O. The first kappa shape index (κ1) is 14.3. The average molecular weight is 305 g/mol. The van der Waals surface area contributed by atoms with Gasteiger partial charge in [0.2, 0.25) is 0 Å². The number of nitrogens with zero attached hydrogens (tertiary/aromatic N) is 2. The summed E-state index contributed by atoms with van der Waals surface area (Å²) < 4.78 is 1.57. The van der Waals surface area contributed by atoms with E-state index in [0.717, 1.165) is 18.4 Å². The van der Waals surface area contributed by atoms with Crippen LogP contribution in [-0.4, -0.2) is 21.5 Å². The van der Waals surface area contributed by atoms with E-state index in [9.17, 15) is 9.59 Å². The van der Waals surface area contributed by atoms with E-state index >= 15 is 0 Å². The number of rotatable bonds is 3. The van der Waals surface area contributed by atoms with Crippen LogP contribution in [0.25, 0.3) is 10.2 Å². The van der Waals surface area contributed by atoms with Crippen molar-refractivity contribution in [1.82, 2.24) is 14.9 Å². The summed E-state index contributed by atoms with van der Waals surface area (Å²) in [4.78, 5) is 30.4. The van der Waals surface area contributed by atoms with Crippen molar-refractivity contribution in [2.24, 2.45) is 0 Å². The number of amides is 1. The molecule has 1 N–H and O–H groups in total. The zero-order valence-corrected chi connectivity index (χ0v) is 13.1. The van der Waals surface area contributed by atoms with Crippen LogP contribution in [0.3, 0.4) is 0 Å². The van der Waals surface area contributed by atoms with Gasteiger partial charge in [0.1, 0.15) is 4.83 Å². The van der Waals surface area contributed by atoms with E-state index in [-0.39, 0.29) is 17.5 Å². The van der Waals surface area contributed by atoms with Crippen LogP contribution >= 0.6 is 11.3 Å². The molecule has 1 fully saturated rings. The van der Waals surface area contributed by atoms with E-state index in [4.69, 9.17) is 0 Å². The number of hydrogen-bond donors (Lipinski definition) is 1. The molecule has 0 aromatic carbocycles. The van der Waals surface area contributed by atoms with E-state index in [1.165, 1.54) is 24.2 Å². The molecular formula is C15H19N3O2S. The Morgan fingerprint density at radius 2 is 2.19 bits per heavy atom. The number of aryl methyl sites for hydroxylation is 2. The molecule has 1 amide bonds. The standard InChI is InChI=1S/C15H19N3O2S/c1-3-18-8-16-14-11(15(18)20)9(2)12(21-14)13(19)17-10-6-4-5-7-10/h8,10H,3-7H2,1-2H3,(H,17,19). The molecule has 2 aromatic rings. The van der Waals surface area contributed by atoms with Gasteiger partial charge in [-0.1, -0.05) is 12.8 Å². The summed E-state index contributed by atoms with van der Waals surface area (Å²) in [7, 11) is 0. The maximum atomic E-state index is 12.4. The second-order valence-electron chi connectivity index (χ2n) is 5.53. The van der Waals surface area contributed by atoms with Gasteiger partial charge in [-0.3, -0.25) is 14.2 Å². The third-order valence-electron chi connectivity index (χ3n) is 4.15. The highest BCUT2D eigenvalue weighted by molar-refractivity contribution is 7.20. The number of fused-ring (bicyclic) bond motifs is 1. The van der Waals surface area contributed by atoms with Crippen LogP contribution in [0, 0.1) is 6.92 Å². The lowest BCUT2D eigenvalue weighted by Crippen LogP contribution is -2.32. The van der Waals surface area contributed by atoms with Crippen LogP contribution in [-0.2, 0) is 6.54 Å². The van der Waals surface area contributed by atoms with Gasteiger partial charge in [0, 0.05) is 12.6 Å². The average Bonchev–Trinajstić information content (AvgIpc) is 3.07. The van der Waals surface area contributed by atoms with Crippen molar-refractivity contribution in [3.63, 3.8) is 0 Å². The number of nitrogens with one attached hydrogen (secondary N) is 1. The van der Waals surface area contributed by atoms with Crippen LogP contribution in [0.2, 0.25) is 0 Å². The van der Waals surface area contributed by atoms with Crippen molar-refractivity contribution in [1.29, 1.82) is 0 Å². The molecule has 0 bridgehead atoms. The fourth-order valence-corrected chi connectivity index (χ4v) is 3.96. The molecule has 6 heteroatoms. The quantitative estimate of drug-likeness (QED) is 0.947. The molecule has 0 spiro atoms. The number of carbonyl (C=O) groups is 1. The number of thiophene rings is 1. The first-order valence-electron chi connectivity index (χ1n) is 7.41. The molecule has 0 saturated heterocycles. The zero-order valence-electron chi connectivity index (χ0n) is 12.3.